The third-order valence-corrected chi connectivity index (χ3v) is 6.29. The lowest BCUT2D eigenvalue weighted by Gasteiger charge is -2.22. The first-order chi connectivity index (χ1) is 13.9. The fourth-order valence-corrected chi connectivity index (χ4v) is 4.79. The molecular weight excluding hydrogens is 414 g/mol. The lowest BCUT2D eigenvalue weighted by Crippen LogP contribution is -2.26. The maximum Gasteiger partial charge on any atom is 0.247 e. The Hall–Kier alpha value is -2.84. The maximum absolute atomic E-state index is 12.4. The number of nitrogens with zero attached hydrogens (tertiary/aromatic N) is 3. The van der Waals surface area contributed by atoms with Crippen LogP contribution in [-0.4, -0.2) is 36.6 Å². The second-order valence-corrected chi connectivity index (χ2v) is 9.13. The molecule has 0 unspecified atom stereocenters. The molecule has 0 saturated heterocycles. The van der Waals surface area contributed by atoms with Gasteiger partial charge in [-0.15, -0.1) is 0 Å². The average molecular weight is 430 g/mol. The molecule has 3 aromatic rings. The van der Waals surface area contributed by atoms with Crippen molar-refractivity contribution in [2.45, 2.75) is 12.5 Å². The van der Waals surface area contributed by atoms with Crippen LogP contribution < -0.4 is 9.47 Å². The molecule has 0 bridgehead atoms. The predicted molar refractivity (Wildman–Crippen MR) is 110 cm³/mol. The van der Waals surface area contributed by atoms with Crippen LogP contribution in [0.3, 0.4) is 0 Å². The lowest BCUT2D eigenvalue weighted by atomic mass is 9.99. The van der Waals surface area contributed by atoms with Crippen LogP contribution in [0, 0.1) is 0 Å². The fourth-order valence-electron chi connectivity index (χ4n) is 3.62. The van der Waals surface area contributed by atoms with Crippen molar-refractivity contribution in [3.63, 3.8) is 0 Å². The largest absolute Gasteiger partial charge is 0.454 e. The highest BCUT2D eigenvalue weighted by Crippen LogP contribution is 2.41. The normalized spacial score (nSPS) is 18.3. The van der Waals surface area contributed by atoms with E-state index in [0.29, 0.717) is 34.7 Å². The Bertz CT molecular complexity index is 1260. The van der Waals surface area contributed by atoms with Gasteiger partial charge < -0.3 is 9.47 Å². The van der Waals surface area contributed by atoms with Crippen molar-refractivity contribution in [2.24, 2.45) is 5.10 Å². The number of halogens is 1. The molecule has 0 saturated carbocycles. The summed E-state index contributed by atoms with van der Waals surface area (Å²) in [5, 5.41) is 5.42. The summed E-state index contributed by atoms with van der Waals surface area (Å²) in [6.45, 7) is 0.158. The van der Waals surface area contributed by atoms with Gasteiger partial charge >= 0.3 is 0 Å². The second kappa shape index (κ2) is 6.60. The summed E-state index contributed by atoms with van der Waals surface area (Å²) in [6, 6.07) is 14.4. The number of aromatic nitrogens is 1. The van der Waals surface area contributed by atoms with Crippen molar-refractivity contribution in [3.8, 4) is 11.5 Å². The van der Waals surface area contributed by atoms with Crippen molar-refractivity contribution in [3.05, 3.63) is 64.8 Å². The van der Waals surface area contributed by atoms with Gasteiger partial charge in [-0.1, -0.05) is 41.9 Å². The average Bonchev–Trinajstić information content (AvgIpc) is 3.33. The lowest BCUT2D eigenvalue weighted by molar-refractivity contribution is 0.174. The molecule has 0 aliphatic carbocycles. The number of hydrogen-bond acceptors (Lipinski definition) is 6. The number of fused-ring (bicyclic) bond motifs is 2. The summed E-state index contributed by atoms with van der Waals surface area (Å²) in [5.74, 6) is 1.24. The van der Waals surface area contributed by atoms with Crippen molar-refractivity contribution < 1.29 is 17.9 Å². The molecule has 9 heteroatoms. The van der Waals surface area contributed by atoms with E-state index in [0.717, 1.165) is 21.6 Å². The standard InChI is InChI=1S/C20H16ClN3O4S/c1-29(25,26)24-17(9-16(23-24)12-5-3-2-4-6-12)14-7-13-8-18-19(28-11-27-18)10-15(13)22-20(14)21/h2-8,10,17H,9,11H2,1H3/t17-/m0/s1. The molecule has 0 fully saturated rings. The van der Waals surface area contributed by atoms with Gasteiger partial charge in [-0.3, -0.25) is 0 Å². The van der Waals surface area contributed by atoms with Gasteiger partial charge in [-0.25, -0.2) is 13.4 Å². The minimum Gasteiger partial charge on any atom is -0.454 e. The van der Waals surface area contributed by atoms with E-state index in [9.17, 15) is 8.42 Å². The number of hydrogen-bond donors (Lipinski definition) is 0. The number of sulfonamides is 1. The highest BCUT2D eigenvalue weighted by Gasteiger charge is 2.36. The number of rotatable bonds is 3. The molecule has 7 nitrogen and oxygen atoms in total. The minimum atomic E-state index is -3.61. The van der Waals surface area contributed by atoms with Crippen molar-refractivity contribution >= 4 is 38.2 Å². The number of ether oxygens (including phenoxy) is 2. The van der Waals surface area contributed by atoms with E-state index in [1.165, 1.54) is 0 Å². The van der Waals surface area contributed by atoms with Crippen molar-refractivity contribution in [1.29, 1.82) is 0 Å². The molecule has 3 heterocycles. The number of pyridine rings is 1. The van der Waals surface area contributed by atoms with E-state index in [-0.39, 0.29) is 11.9 Å². The molecule has 0 spiro atoms. The van der Waals surface area contributed by atoms with E-state index in [1.807, 2.05) is 42.5 Å². The highest BCUT2D eigenvalue weighted by atomic mass is 35.5. The fraction of sp³-hybridized carbons (Fsp3) is 0.200. The van der Waals surface area contributed by atoms with Crippen molar-refractivity contribution in [2.75, 3.05) is 13.0 Å². The smallest absolute Gasteiger partial charge is 0.247 e. The molecule has 2 aliphatic heterocycles. The van der Waals surface area contributed by atoms with E-state index >= 15 is 0 Å². The van der Waals surface area contributed by atoms with Gasteiger partial charge in [-0.2, -0.15) is 9.52 Å². The Balaban J connectivity index is 1.61. The van der Waals surface area contributed by atoms with Crippen LogP contribution in [0.15, 0.2) is 53.6 Å². The Morgan fingerprint density at radius 2 is 1.83 bits per heavy atom. The molecule has 29 heavy (non-hydrogen) atoms. The second-order valence-electron chi connectivity index (χ2n) is 6.93. The van der Waals surface area contributed by atoms with Gasteiger partial charge in [0, 0.05) is 23.4 Å². The van der Waals surface area contributed by atoms with Crippen LogP contribution in [0.4, 0.5) is 0 Å². The van der Waals surface area contributed by atoms with Gasteiger partial charge in [-0.05, 0) is 17.7 Å². The zero-order valence-electron chi connectivity index (χ0n) is 15.4. The van der Waals surface area contributed by atoms with Crippen LogP contribution in [-0.2, 0) is 10.0 Å². The minimum absolute atomic E-state index is 0.158. The molecule has 1 aromatic heterocycles. The molecule has 148 valence electrons. The molecule has 1 atom stereocenters. The predicted octanol–water partition coefficient (Wildman–Crippen LogP) is 3.73. The van der Waals surface area contributed by atoms with Crippen molar-refractivity contribution in [1.82, 2.24) is 9.40 Å². The molecule has 2 aromatic carbocycles. The van der Waals surface area contributed by atoms with E-state index in [1.54, 1.807) is 6.07 Å². The monoisotopic (exact) mass is 429 g/mol. The summed E-state index contributed by atoms with van der Waals surface area (Å²) in [5.41, 5.74) is 2.80. The maximum atomic E-state index is 12.4. The Morgan fingerprint density at radius 1 is 1.10 bits per heavy atom. The molecule has 0 N–H and O–H groups in total. The van der Waals surface area contributed by atoms with Gasteiger partial charge in [0.05, 0.1) is 23.5 Å². The Kier molecular flexibility index (Phi) is 4.15. The van der Waals surface area contributed by atoms with Crippen LogP contribution in [0.1, 0.15) is 23.6 Å². The Morgan fingerprint density at radius 3 is 2.55 bits per heavy atom. The van der Waals surface area contributed by atoms with Crippen LogP contribution in [0.25, 0.3) is 10.9 Å². The molecular formula is C20H16ClN3O4S. The zero-order valence-corrected chi connectivity index (χ0v) is 16.9. The number of benzene rings is 2. The summed E-state index contributed by atoms with van der Waals surface area (Å²) in [4.78, 5) is 4.47. The first kappa shape index (κ1) is 18.2. The molecule has 2 aliphatic rings. The van der Waals surface area contributed by atoms with Gasteiger partial charge in [0.15, 0.2) is 11.5 Å². The van der Waals surface area contributed by atoms with Gasteiger partial charge in [0.2, 0.25) is 16.8 Å². The summed E-state index contributed by atoms with van der Waals surface area (Å²) < 4.78 is 36.8. The SMILES string of the molecule is CS(=O)(=O)N1N=C(c2ccccc2)C[C@H]1c1cc2cc3c(cc2nc1Cl)OCO3. The first-order valence-corrected chi connectivity index (χ1v) is 11.1. The quantitative estimate of drug-likeness (QED) is 0.592. The number of hydrazone groups is 1. The highest BCUT2D eigenvalue weighted by molar-refractivity contribution is 7.88. The molecule has 5 rings (SSSR count). The van der Waals surface area contributed by atoms with E-state index < -0.39 is 16.1 Å². The summed E-state index contributed by atoms with van der Waals surface area (Å²) >= 11 is 6.49. The van der Waals surface area contributed by atoms with E-state index in [2.05, 4.69) is 10.1 Å². The van der Waals surface area contributed by atoms with Gasteiger partial charge in [0.25, 0.3) is 0 Å². The van der Waals surface area contributed by atoms with E-state index in [4.69, 9.17) is 21.1 Å². The van der Waals surface area contributed by atoms with Gasteiger partial charge in [0.1, 0.15) is 5.15 Å². The third kappa shape index (κ3) is 3.18. The van der Waals surface area contributed by atoms with Crippen LogP contribution >= 0.6 is 11.6 Å². The van der Waals surface area contributed by atoms with Crippen LogP contribution in [0.5, 0.6) is 11.5 Å². The summed E-state index contributed by atoms with van der Waals surface area (Å²) in [6.07, 6.45) is 1.53. The molecule has 0 radical (unpaired) electrons. The topological polar surface area (TPSA) is 81.1 Å². The van der Waals surface area contributed by atoms with Crippen LogP contribution in [0.2, 0.25) is 5.15 Å². The third-order valence-electron chi connectivity index (χ3n) is 4.97. The molecule has 0 amide bonds. The summed E-state index contributed by atoms with van der Waals surface area (Å²) in [7, 11) is -3.61. The first-order valence-electron chi connectivity index (χ1n) is 8.92. The zero-order chi connectivity index (χ0) is 20.2. The Labute approximate surface area is 172 Å².